The third-order valence-electron chi connectivity index (χ3n) is 4.94. The standard InChI is InChI=1S/C20H37N/c1-4-19(3)17-18-21(5-2)20-15-13-11-9-7-6-8-10-12-14-16-20/h5,17-20H,2,4,6-16H2,1,3H3. The third kappa shape index (κ3) is 8.34. The monoisotopic (exact) mass is 291 g/mol. The maximum atomic E-state index is 4.04. The Bertz CT molecular complexity index is 270. The number of hydrogen-bond donors (Lipinski definition) is 0. The number of hydrogen-bond acceptors (Lipinski definition) is 1. The molecule has 0 bridgehead atoms. The summed E-state index contributed by atoms with van der Waals surface area (Å²) >= 11 is 0. The van der Waals surface area contributed by atoms with Crippen molar-refractivity contribution >= 4 is 0 Å². The molecule has 1 aliphatic carbocycles. The molecule has 0 saturated heterocycles. The molecule has 0 N–H and O–H groups in total. The smallest absolute Gasteiger partial charge is 0.0330 e. The van der Waals surface area contributed by atoms with Crippen LogP contribution in [0.3, 0.4) is 0 Å². The molecule has 1 aliphatic rings. The van der Waals surface area contributed by atoms with Crippen molar-refractivity contribution in [2.45, 2.75) is 96.9 Å². The van der Waals surface area contributed by atoms with Crippen LogP contribution in [0, 0.1) is 5.92 Å². The van der Waals surface area contributed by atoms with Gasteiger partial charge in [0.1, 0.15) is 0 Å². The third-order valence-corrected chi connectivity index (χ3v) is 4.94. The fourth-order valence-corrected chi connectivity index (χ4v) is 3.15. The maximum absolute atomic E-state index is 4.04. The zero-order chi connectivity index (χ0) is 15.3. The van der Waals surface area contributed by atoms with E-state index in [1.54, 1.807) is 0 Å². The van der Waals surface area contributed by atoms with Crippen LogP contribution < -0.4 is 0 Å². The highest BCUT2D eigenvalue weighted by atomic mass is 15.1. The fraction of sp³-hybridized carbons (Fsp3) is 0.800. The van der Waals surface area contributed by atoms with Crippen molar-refractivity contribution in [3.63, 3.8) is 0 Å². The van der Waals surface area contributed by atoms with Crippen molar-refractivity contribution in [2.24, 2.45) is 5.92 Å². The van der Waals surface area contributed by atoms with E-state index in [1.165, 1.54) is 77.0 Å². The Hall–Kier alpha value is -0.720. The molecule has 0 amide bonds. The van der Waals surface area contributed by atoms with Gasteiger partial charge in [-0.05, 0) is 25.0 Å². The van der Waals surface area contributed by atoms with Gasteiger partial charge in [0.25, 0.3) is 0 Å². The summed E-state index contributed by atoms with van der Waals surface area (Å²) in [4.78, 5) is 2.39. The molecule has 0 aromatic heterocycles. The van der Waals surface area contributed by atoms with Gasteiger partial charge in [-0.1, -0.05) is 90.7 Å². The normalized spacial score (nSPS) is 21.4. The van der Waals surface area contributed by atoms with E-state index >= 15 is 0 Å². The molecule has 0 aromatic carbocycles. The van der Waals surface area contributed by atoms with Crippen LogP contribution in [0.1, 0.15) is 90.9 Å². The highest BCUT2D eigenvalue weighted by Gasteiger charge is 2.13. The summed E-state index contributed by atoms with van der Waals surface area (Å²) in [5.74, 6) is 0.665. The van der Waals surface area contributed by atoms with Gasteiger partial charge in [-0.15, -0.1) is 0 Å². The van der Waals surface area contributed by atoms with Gasteiger partial charge in [-0.2, -0.15) is 0 Å². The minimum absolute atomic E-state index is 0.665. The van der Waals surface area contributed by atoms with Crippen LogP contribution in [0.2, 0.25) is 0 Å². The minimum Gasteiger partial charge on any atom is -0.352 e. The molecule has 0 spiro atoms. The summed E-state index contributed by atoms with van der Waals surface area (Å²) in [5, 5.41) is 0. The van der Waals surface area contributed by atoms with E-state index in [1.807, 2.05) is 6.20 Å². The van der Waals surface area contributed by atoms with E-state index in [-0.39, 0.29) is 0 Å². The molecule has 0 aromatic rings. The van der Waals surface area contributed by atoms with Crippen molar-refractivity contribution in [1.29, 1.82) is 0 Å². The fourth-order valence-electron chi connectivity index (χ4n) is 3.15. The van der Waals surface area contributed by atoms with Gasteiger partial charge in [0, 0.05) is 12.2 Å². The van der Waals surface area contributed by atoms with Crippen molar-refractivity contribution < 1.29 is 0 Å². The molecular formula is C20H37N. The Morgan fingerprint density at radius 3 is 1.86 bits per heavy atom. The number of rotatable bonds is 5. The van der Waals surface area contributed by atoms with E-state index in [4.69, 9.17) is 0 Å². The highest BCUT2D eigenvalue weighted by Crippen LogP contribution is 2.21. The molecule has 0 heterocycles. The van der Waals surface area contributed by atoms with Gasteiger partial charge in [-0.3, -0.25) is 0 Å². The summed E-state index contributed by atoms with van der Waals surface area (Å²) in [6, 6.07) is 0.669. The summed E-state index contributed by atoms with van der Waals surface area (Å²) in [6.45, 7) is 8.59. The molecule has 1 unspecified atom stereocenters. The summed E-state index contributed by atoms with van der Waals surface area (Å²) in [7, 11) is 0. The molecule has 21 heavy (non-hydrogen) atoms. The minimum atomic E-state index is 0.665. The van der Waals surface area contributed by atoms with E-state index in [9.17, 15) is 0 Å². The van der Waals surface area contributed by atoms with Gasteiger partial charge >= 0.3 is 0 Å². The molecule has 1 nitrogen and oxygen atoms in total. The second-order valence-corrected chi connectivity index (χ2v) is 6.77. The largest absolute Gasteiger partial charge is 0.352 e. The first-order valence-electron chi connectivity index (χ1n) is 9.36. The predicted molar refractivity (Wildman–Crippen MR) is 95.2 cm³/mol. The molecule has 1 heteroatoms. The Kier molecular flexibility index (Phi) is 10.4. The van der Waals surface area contributed by atoms with Gasteiger partial charge in [0.05, 0.1) is 0 Å². The average molecular weight is 292 g/mol. The molecule has 1 rings (SSSR count). The molecule has 1 atom stereocenters. The van der Waals surface area contributed by atoms with Gasteiger partial charge in [0.15, 0.2) is 0 Å². The van der Waals surface area contributed by atoms with Crippen molar-refractivity contribution in [3.05, 3.63) is 25.1 Å². The second-order valence-electron chi connectivity index (χ2n) is 6.77. The summed E-state index contributed by atoms with van der Waals surface area (Å²) in [6.07, 6.45) is 23.4. The first kappa shape index (κ1) is 18.3. The van der Waals surface area contributed by atoms with Crippen LogP contribution >= 0.6 is 0 Å². The topological polar surface area (TPSA) is 3.24 Å². The lowest BCUT2D eigenvalue weighted by atomic mass is 9.97. The molecule has 1 fully saturated rings. The zero-order valence-electron chi connectivity index (χ0n) is 14.5. The quantitative estimate of drug-likeness (QED) is 0.547. The molecule has 1 saturated carbocycles. The molecule has 122 valence electrons. The van der Waals surface area contributed by atoms with Gasteiger partial charge < -0.3 is 4.90 Å². The summed E-state index contributed by atoms with van der Waals surface area (Å²) < 4.78 is 0. The predicted octanol–water partition coefficient (Wildman–Crippen LogP) is 6.67. The Morgan fingerprint density at radius 2 is 1.43 bits per heavy atom. The van der Waals surface area contributed by atoms with Crippen molar-refractivity contribution in [1.82, 2.24) is 4.90 Å². The zero-order valence-corrected chi connectivity index (χ0v) is 14.5. The van der Waals surface area contributed by atoms with Crippen LogP contribution in [-0.2, 0) is 0 Å². The lowest BCUT2D eigenvalue weighted by Gasteiger charge is -2.28. The SMILES string of the molecule is C=CN(C=CC(C)CC)C1CCCCCCCCCCC1. The lowest BCUT2D eigenvalue weighted by Crippen LogP contribution is -2.26. The Balaban J connectivity index is 2.54. The van der Waals surface area contributed by atoms with E-state index < -0.39 is 0 Å². The van der Waals surface area contributed by atoms with Crippen LogP contribution in [-0.4, -0.2) is 10.9 Å². The van der Waals surface area contributed by atoms with Gasteiger partial charge in [0.2, 0.25) is 0 Å². The van der Waals surface area contributed by atoms with Crippen LogP contribution in [0.5, 0.6) is 0 Å². The van der Waals surface area contributed by atoms with Crippen LogP contribution in [0.15, 0.2) is 25.1 Å². The second kappa shape index (κ2) is 11.9. The van der Waals surface area contributed by atoms with Gasteiger partial charge in [-0.25, -0.2) is 0 Å². The Morgan fingerprint density at radius 1 is 0.952 bits per heavy atom. The molecular weight excluding hydrogens is 254 g/mol. The van der Waals surface area contributed by atoms with E-state index in [0.717, 1.165) is 0 Å². The van der Waals surface area contributed by atoms with Crippen molar-refractivity contribution in [3.8, 4) is 0 Å². The van der Waals surface area contributed by atoms with E-state index in [0.29, 0.717) is 12.0 Å². The summed E-state index contributed by atoms with van der Waals surface area (Å²) in [5.41, 5.74) is 0. The first-order chi connectivity index (χ1) is 10.3. The molecule has 0 radical (unpaired) electrons. The average Bonchev–Trinajstić information content (AvgIpc) is 2.49. The molecule has 0 aliphatic heterocycles. The Labute approximate surface area is 133 Å². The van der Waals surface area contributed by atoms with Crippen LogP contribution in [0.4, 0.5) is 0 Å². The lowest BCUT2D eigenvalue weighted by molar-refractivity contribution is 0.302. The first-order valence-corrected chi connectivity index (χ1v) is 9.36. The number of nitrogens with zero attached hydrogens (tertiary/aromatic N) is 1. The van der Waals surface area contributed by atoms with Crippen LogP contribution in [0.25, 0.3) is 0 Å². The highest BCUT2D eigenvalue weighted by molar-refractivity contribution is 4.94. The number of allylic oxidation sites excluding steroid dienone is 1. The van der Waals surface area contributed by atoms with E-state index in [2.05, 4.69) is 37.6 Å². The van der Waals surface area contributed by atoms with Crippen molar-refractivity contribution in [2.75, 3.05) is 0 Å². The maximum Gasteiger partial charge on any atom is 0.0330 e.